The van der Waals surface area contributed by atoms with E-state index in [9.17, 15) is 5.11 Å². The summed E-state index contributed by atoms with van der Waals surface area (Å²) in [6.45, 7) is 23.3. The van der Waals surface area contributed by atoms with Crippen LogP contribution in [0.3, 0.4) is 0 Å². The van der Waals surface area contributed by atoms with Crippen LogP contribution in [0.4, 0.5) is 0 Å². The fourth-order valence-electron chi connectivity index (χ4n) is 5.56. The van der Waals surface area contributed by atoms with Crippen molar-refractivity contribution in [2.24, 2.45) is 21.7 Å². The van der Waals surface area contributed by atoms with Crippen molar-refractivity contribution in [1.82, 2.24) is 0 Å². The third kappa shape index (κ3) is 4.68. The molecule has 140 valence electrons. The van der Waals surface area contributed by atoms with Crippen molar-refractivity contribution in [3.05, 3.63) is 23.8 Å². The van der Waals surface area contributed by atoms with Crippen LogP contribution in [0.25, 0.3) is 0 Å². The van der Waals surface area contributed by atoms with Gasteiger partial charge in [-0.1, -0.05) is 81.4 Å². The fraction of sp³-hybridized carbons (Fsp3) is 0.818. The van der Waals surface area contributed by atoms with Crippen LogP contribution in [0.5, 0.6) is 0 Å². The fourth-order valence-corrected chi connectivity index (χ4v) is 7.38. The van der Waals surface area contributed by atoms with Crippen LogP contribution >= 0.6 is 11.8 Å². The summed E-state index contributed by atoms with van der Waals surface area (Å²) >= 11 is 1.76. The van der Waals surface area contributed by atoms with Gasteiger partial charge in [0.05, 0.1) is 4.75 Å². The Hall–Kier alpha value is 1.36. The van der Waals surface area contributed by atoms with Crippen molar-refractivity contribution >= 4 is 60.6 Å². The van der Waals surface area contributed by atoms with Gasteiger partial charge in [0.15, 0.2) is 0 Å². The van der Waals surface area contributed by atoms with Gasteiger partial charge in [-0.15, -0.1) is 11.8 Å². The monoisotopic (exact) mass is 488 g/mol. The van der Waals surface area contributed by atoms with E-state index >= 15 is 0 Å². The summed E-state index contributed by atoms with van der Waals surface area (Å²) < 4.78 is -0.198. The summed E-state index contributed by atoms with van der Waals surface area (Å²) in [7, 11) is 0. The maximum atomic E-state index is 11.3. The number of allylic oxidation sites excluding steroid dienone is 2. The molecule has 0 bridgehead atoms. The van der Waals surface area contributed by atoms with Crippen molar-refractivity contribution in [3.63, 3.8) is 0 Å². The first-order valence-corrected chi connectivity index (χ1v) is 10.1. The number of hydrogen-bond donors (Lipinski definition) is 1. The molecule has 2 aliphatic rings. The maximum absolute atomic E-state index is 11.3. The zero-order chi connectivity index (χ0) is 18.8. The Bertz CT molecular complexity index is 574. The van der Waals surface area contributed by atoms with E-state index in [2.05, 4.69) is 81.4 Å². The van der Waals surface area contributed by atoms with Gasteiger partial charge in [0.1, 0.15) is 4.93 Å². The molecule has 1 aliphatic heterocycles. The molecule has 1 fully saturated rings. The number of hydrogen-bond acceptors (Lipinski definition) is 2. The molecule has 2 atom stereocenters. The second-order valence-corrected chi connectivity index (χ2v) is 13.1. The van der Waals surface area contributed by atoms with Crippen LogP contribution in [0.1, 0.15) is 82.1 Å². The Balaban J connectivity index is 0.00000312. The SMILES string of the molecule is CC(C)(C)CC(C)(C)C1=CC=CC2(O)SC12C(C)(C)CC(C)(C)C.[Ba]. The van der Waals surface area contributed by atoms with E-state index in [-0.39, 0.29) is 75.3 Å². The van der Waals surface area contributed by atoms with Crippen molar-refractivity contribution in [2.75, 3.05) is 0 Å². The molecule has 1 aliphatic carbocycles. The van der Waals surface area contributed by atoms with Crippen LogP contribution in [-0.4, -0.2) is 63.7 Å². The van der Waals surface area contributed by atoms with Gasteiger partial charge in [-0.25, -0.2) is 0 Å². The van der Waals surface area contributed by atoms with Gasteiger partial charge < -0.3 is 5.11 Å². The third-order valence-electron chi connectivity index (χ3n) is 5.36. The van der Waals surface area contributed by atoms with Gasteiger partial charge in [-0.2, -0.15) is 0 Å². The van der Waals surface area contributed by atoms with E-state index in [1.165, 1.54) is 5.57 Å². The minimum Gasteiger partial charge on any atom is -0.374 e. The Kier molecular flexibility index (Phi) is 6.83. The van der Waals surface area contributed by atoms with E-state index in [4.69, 9.17) is 0 Å². The van der Waals surface area contributed by atoms with Gasteiger partial charge in [0.2, 0.25) is 0 Å². The average Bonchev–Trinajstić information content (AvgIpc) is 2.89. The van der Waals surface area contributed by atoms with E-state index in [1.807, 2.05) is 6.08 Å². The molecule has 0 aromatic heterocycles. The molecule has 0 aromatic carbocycles. The number of rotatable bonds is 4. The normalized spacial score (nSPS) is 29.6. The predicted molar refractivity (Wildman–Crippen MR) is 114 cm³/mol. The van der Waals surface area contributed by atoms with Crippen molar-refractivity contribution in [2.45, 2.75) is 91.8 Å². The number of aliphatic hydroxyl groups is 1. The molecule has 2 rings (SSSR count). The van der Waals surface area contributed by atoms with Gasteiger partial charge in [-0.05, 0) is 46.2 Å². The molecule has 0 amide bonds. The molecule has 3 heteroatoms. The predicted octanol–water partition coefficient (Wildman–Crippen LogP) is 6.20. The minimum absolute atomic E-state index is 0. The summed E-state index contributed by atoms with van der Waals surface area (Å²) in [5, 5.41) is 11.3. The summed E-state index contributed by atoms with van der Waals surface area (Å²) in [6.07, 6.45) is 8.59. The molecular weight excluding hydrogens is 450 g/mol. The van der Waals surface area contributed by atoms with E-state index < -0.39 is 4.93 Å². The first-order chi connectivity index (χ1) is 10.5. The Morgan fingerprint density at radius 3 is 1.80 bits per heavy atom. The Morgan fingerprint density at radius 2 is 1.36 bits per heavy atom. The molecular formula is C22H38BaOS. The molecule has 1 N–H and O–H groups in total. The van der Waals surface area contributed by atoms with Crippen LogP contribution in [0.15, 0.2) is 23.8 Å². The van der Waals surface area contributed by atoms with Crippen LogP contribution < -0.4 is 0 Å². The summed E-state index contributed by atoms with van der Waals surface area (Å²) in [4.78, 5) is -0.735. The largest absolute Gasteiger partial charge is 0.374 e. The summed E-state index contributed by atoms with van der Waals surface area (Å²) in [5.74, 6) is 0. The maximum Gasteiger partial charge on any atom is 0.149 e. The number of fused-ring (bicyclic) bond motifs is 1. The molecule has 2 radical (unpaired) electrons. The molecule has 1 nitrogen and oxygen atoms in total. The smallest absolute Gasteiger partial charge is 0.149 e. The average molecular weight is 488 g/mol. The second kappa shape index (κ2) is 7.00. The van der Waals surface area contributed by atoms with E-state index in [1.54, 1.807) is 11.8 Å². The summed E-state index contributed by atoms with van der Waals surface area (Å²) in [6, 6.07) is 0. The van der Waals surface area contributed by atoms with Crippen molar-refractivity contribution in [1.29, 1.82) is 0 Å². The zero-order valence-corrected chi connectivity index (χ0v) is 23.5. The molecule has 0 saturated carbocycles. The third-order valence-corrected chi connectivity index (χ3v) is 7.30. The number of thioether (sulfide) groups is 1. The van der Waals surface area contributed by atoms with Gasteiger partial charge >= 0.3 is 0 Å². The van der Waals surface area contributed by atoms with Gasteiger partial charge in [-0.3, -0.25) is 0 Å². The van der Waals surface area contributed by atoms with Crippen LogP contribution in [0.2, 0.25) is 0 Å². The molecule has 25 heavy (non-hydrogen) atoms. The standard InChI is InChI=1S/C22H38OS.Ba/c1-17(2,3)14-19(7,8)16-12-11-13-21(23)22(16,24-21)20(9,10)15-18(4,5)6;/h11-13,23H,14-15H2,1-10H3;. The quantitative estimate of drug-likeness (QED) is 0.376. The first kappa shape index (κ1) is 24.4. The molecule has 1 saturated heterocycles. The zero-order valence-electron chi connectivity index (χ0n) is 18.2. The first-order valence-electron chi connectivity index (χ1n) is 9.29. The molecule has 1 heterocycles. The van der Waals surface area contributed by atoms with Crippen LogP contribution in [0, 0.1) is 21.7 Å². The van der Waals surface area contributed by atoms with E-state index in [0.29, 0.717) is 0 Å². The van der Waals surface area contributed by atoms with Crippen molar-refractivity contribution < 1.29 is 5.11 Å². The Labute approximate surface area is 201 Å². The molecule has 0 spiro atoms. The van der Waals surface area contributed by atoms with Crippen LogP contribution in [-0.2, 0) is 0 Å². The second-order valence-electron chi connectivity index (χ2n) is 11.7. The van der Waals surface area contributed by atoms with Gasteiger partial charge in [0.25, 0.3) is 0 Å². The molecule has 0 aromatic rings. The van der Waals surface area contributed by atoms with E-state index in [0.717, 1.165) is 12.8 Å². The minimum atomic E-state index is -0.735. The topological polar surface area (TPSA) is 20.2 Å². The molecule has 2 unspecified atom stereocenters. The van der Waals surface area contributed by atoms with Gasteiger partial charge in [0, 0.05) is 48.9 Å². The van der Waals surface area contributed by atoms with Crippen molar-refractivity contribution in [3.8, 4) is 0 Å². The Morgan fingerprint density at radius 1 is 0.880 bits per heavy atom. The summed E-state index contributed by atoms with van der Waals surface area (Å²) in [5.41, 5.74) is 2.02.